The van der Waals surface area contributed by atoms with Crippen LogP contribution in [0.15, 0.2) is 0 Å². The first-order valence-corrected chi connectivity index (χ1v) is 6.87. The fourth-order valence-electron chi connectivity index (χ4n) is 3.31. The van der Waals surface area contributed by atoms with Crippen molar-refractivity contribution in [2.24, 2.45) is 0 Å². The molecule has 4 fully saturated rings. The molecule has 0 unspecified atom stereocenters. The lowest BCUT2D eigenvalue weighted by Crippen LogP contribution is -2.45. The SMILES string of the molecule is [2H]C[C@@]12CO[C@@H](CO1)[C@@H]2OCOC[C@@]12CO[C@@H](CO1)[C@@H]2O. The van der Waals surface area contributed by atoms with Crippen molar-refractivity contribution >= 4 is 0 Å². The Kier molecular flexibility index (Phi) is 2.83. The highest BCUT2D eigenvalue weighted by atomic mass is 16.7. The number of fused-ring (bicyclic) bond motifs is 4. The molecule has 0 radical (unpaired) electrons. The summed E-state index contributed by atoms with van der Waals surface area (Å²) < 4.78 is 41.0. The van der Waals surface area contributed by atoms with Crippen molar-refractivity contribution in [1.29, 1.82) is 0 Å². The van der Waals surface area contributed by atoms with Gasteiger partial charge in [0.25, 0.3) is 0 Å². The Bertz CT molecular complexity index is 390. The summed E-state index contributed by atoms with van der Waals surface area (Å²) in [6.45, 7) is 1.98. The van der Waals surface area contributed by atoms with E-state index < -0.39 is 17.3 Å². The van der Waals surface area contributed by atoms with Crippen LogP contribution in [0.1, 0.15) is 8.27 Å². The van der Waals surface area contributed by atoms with Gasteiger partial charge in [-0.15, -0.1) is 0 Å². The van der Waals surface area contributed by atoms with Gasteiger partial charge in [-0.3, -0.25) is 0 Å². The third-order valence-corrected chi connectivity index (χ3v) is 4.58. The molecule has 0 aliphatic carbocycles. The van der Waals surface area contributed by atoms with E-state index in [4.69, 9.17) is 29.8 Å². The predicted octanol–water partition coefficient (Wildman–Crippen LogP) is -0.938. The second kappa shape index (κ2) is 4.61. The van der Waals surface area contributed by atoms with E-state index in [1.807, 2.05) is 0 Å². The summed E-state index contributed by atoms with van der Waals surface area (Å²) in [6.07, 6.45) is -1.28. The number of aliphatic hydroxyl groups excluding tert-OH is 1. The minimum Gasteiger partial charge on any atom is -0.387 e. The molecule has 7 nitrogen and oxygen atoms in total. The van der Waals surface area contributed by atoms with Gasteiger partial charge in [-0.25, -0.2) is 0 Å². The van der Waals surface area contributed by atoms with Crippen LogP contribution in [0.3, 0.4) is 0 Å². The van der Waals surface area contributed by atoms with Gasteiger partial charge in [0.1, 0.15) is 42.4 Å². The van der Waals surface area contributed by atoms with E-state index in [1.54, 1.807) is 0 Å². The molecule has 7 heteroatoms. The Balaban J connectivity index is 1.27. The van der Waals surface area contributed by atoms with Crippen LogP contribution in [0.2, 0.25) is 0 Å². The number of hydrogen-bond acceptors (Lipinski definition) is 7. The standard InChI is InChI=1S/C13H20O7/c1-12-4-16-9(3-19-12)11(12)18-7-15-5-13-6-17-8(2-20-13)10(13)14/h8-11,14H,2-7H2,1H3/t8-,9-,10-,11-,12-,13-/m0/s1/i1D. The van der Waals surface area contributed by atoms with Crippen molar-refractivity contribution in [1.82, 2.24) is 0 Å². The second-order valence-corrected chi connectivity index (χ2v) is 5.95. The Labute approximate surface area is 118 Å². The van der Waals surface area contributed by atoms with Crippen LogP contribution < -0.4 is 0 Å². The van der Waals surface area contributed by atoms with E-state index >= 15 is 0 Å². The summed E-state index contributed by atoms with van der Waals surface area (Å²) in [4.78, 5) is 0. The van der Waals surface area contributed by atoms with E-state index in [0.29, 0.717) is 26.4 Å². The molecule has 0 amide bonds. The Morgan fingerprint density at radius 1 is 1.25 bits per heavy atom. The first-order valence-electron chi connectivity index (χ1n) is 7.58. The van der Waals surface area contributed by atoms with Crippen LogP contribution in [0.4, 0.5) is 0 Å². The fourth-order valence-corrected chi connectivity index (χ4v) is 3.31. The van der Waals surface area contributed by atoms with Crippen molar-refractivity contribution in [2.75, 3.05) is 39.8 Å². The summed E-state index contributed by atoms with van der Waals surface area (Å²) in [7, 11) is 0. The zero-order chi connectivity index (χ0) is 14.5. The normalized spacial score (nSPS) is 53.8. The molecule has 6 atom stereocenters. The summed E-state index contributed by atoms with van der Waals surface area (Å²) >= 11 is 0. The van der Waals surface area contributed by atoms with Crippen molar-refractivity contribution in [3.8, 4) is 0 Å². The molecule has 4 rings (SSSR count). The van der Waals surface area contributed by atoms with Crippen LogP contribution in [-0.4, -0.2) is 80.6 Å². The lowest BCUT2D eigenvalue weighted by Gasteiger charge is -2.28. The van der Waals surface area contributed by atoms with Gasteiger partial charge in [-0.05, 0) is 6.90 Å². The molecule has 4 aliphatic heterocycles. The molecular weight excluding hydrogens is 268 g/mol. The summed E-state index contributed by atoms with van der Waals surface area (Å²) in [6, 6.07) is 0. The molecular formula is C13H20O7. The van der Waals surface area contributed by atoms with E-state index in [9.17, 15) is 5.11 Å². The molecule has 4 saturated heterocycles. The number of hydrogen-bond donors (Lipinski definition) is 1. The lowest BCUT2D eigenvalue weighted by atomic mass is 10.0. The molecule has 4 bridgehead atoms. The van der Waals surface area contributed by atoms with Gasteiger partial charge < -0.3 is 33.5 Å². The average Bonchev–Trinajstić information content (AvgIpc) is 3.23. The quantitative estimate of drug-likeness (QED) is 0.517. The highest BCUT2D eigenvalue weighted by Gasteiger charge is 2.57. The van der Waals surface area contributed by atoms with Crippen LogP contribution >= 0.6 is 0 Å². The number of rotatable bonds is 5. The lowest BCUT2D eigenvalue weighted by molar-refractivity contribution is -0.177. The van der Waals surface area contributed by atoms with Gasteiger partial charge in [0.15, 0.2) is 0 Å². The van der Waals surface area contributed by atoms with Gasteiger partial charge in [-0.1, -0.05) is 0 Å². The van der Waals surface area contributed by atoms with Gasteiger partial charge in [0.05, 0.1) is 33.0 Å². The Morgan fingerprint density at radius 2 is 2.10 bits per heavy atom. The van der Waals surface area contributed by atoms with E-state index in [2.05, 4.69) is 0 Å². The molecule has 0 aromatic heterocycles. The molecule has 20 heavy (non-hydrogen) atoms. The highest BCUT2D eigenvalue weighted by Crippen LogP contribution is 2.38. The summed E-state index contributed by atoms with van der Waals surface area (Å²) in [5, 5.41) is 10.0. The summed E-state index contributed by atoms with van der Waals surface area (Å²) in [5.41, 5.74) is -1.42. The molecule has 4 aliphatic rings. The van der Waals surface area contributed by atoms with Gasteiger partial charge >= 0.3 is 0 Å². The molecule has 0 spiro atoms. The van der Waals surface area contributed by atoms with Crippen molar-refractivity contribution in [3.05, 3.63) is 0 Å². The first-order chi connectivity index (χ1) is 10.2. The molecule has 0 aromatic rings. The zero-order valence-corrected chi connectivity index (χ0v) is 11.2. The topological polar surface area (TPSA) is 75.6 Å². The molecule has 0 saturated carbocycles. The van der Waals surface area contributed by atoms with Crippen molar-refractivity contribution in [3.63, 3.8) is 0 Å². The maximum Gasteiger partial charge on any atom is 0.147 e. The van der Waals surface area contributed by atoms with E-state index in [-0.39, 0.29) is 38.6 Å². The van der Waals surface area contributed by atoms with Crippen LogP contribution in [0.25, 0.3) is 0 Å². The van der Waals surface area contributed by atoms with E-state index in [0.717, 1.165) is 0 Å². The minimum atomic E-state index is -0.761. The molecule has 114 valence electrons. The van der Waals surface area contributed by atoms with Crippen molar-refractivity contribution < 1.29 is 34.9 Å². The third-order valence-electron chi connectivity index (χ3n) is 4.58. The van der Waals surface area contributed by atoms with Crippen LogP contribution in [-0.2, 0) is 28.4 Å². The maximum atomic E-state index is 10.0. The van der Waals surface area contributed by atoms with Gasteiger partial charge in [-0.2, -0.15) is 0 Å². The molecule has 4 heterocycles. The zero-order valence-electron chi connectivity index (χ0n) is 12.2. The minimum absolute atomic E-state index is 0.0537. The molecule has 1 N–H and O–H groups in total. The van der Waals surface area contributed by atoms with Crippen molar-refractivity contribution in [2.45, 2.75) is 42.5 Å². The van der Waals surface area contributed by atoms with Gasteiger partial charge in [0.2, 0.25) is 0 Å². The largest absolute Gasteiger partial charge is 0.387 e. The summed E-state index contributed by atoms with van der Waals surface area (Å²) in [5.74, 6) is 0. The monoisotopic (exact) mass is 289 g/mol. The van der Waals surface area contributed by atoms with E-state index in [1.165, 1.54) is 0 Å². The Morgan fingerprint density at radius 3 is 2.70 bits per heavy atom. The fraction of sp³-hybridized carbons (Fsp3) is 1.00. The average molecular weight is 289 g/mol. The Hall–Kier alpha value is -0.280. The van der Waals surface area contributed by atoms with Crippen LogP contribution in [0.5, 0.6) is 0 Å². The highest BCUT2D eigenvalue weighted by molar-refractivity contribution is 5.04. The third kappa shape index (κ3) is 1.85. The number of aliphatic hydroxyl groups is 1. The van der Waals surface area contributed by atoms with Crippen LogP contribution in [0, 0.1) is 0 Å². The first kappa shape index (κ1) is 12.3. The maximum absolute atomic E-state index is 10.0. The second-order valence-electron chi connectivity index (χ2n) is 5.95. The molecule has 0 aromatic carbocycles. The predicted molar refractivity (Wildman–Crippen MR) is 64.2 cm³/mol. The number of ether oxygens (including phenoxy) is 6. The van der Waals surface area contributed by atoms with Gasteiger partial charge in [0, 0.05) is 1.37 Å². The smallest absolute Gasteiger partial charge is 0.147 e.